The molecule has 1 aliphatic heterocycles. The van der Waals surface area contributed by atoms with Crippen LogP contribution in [-0.4, -0.2) is 46.9 Å². The van der Waals surface area contributed by atoms with Gasteiger partial charge in [-0.25, -0.2) is 0 Å². The summed E-state index contributed by atoms with van der Waals surface area (Å²) >= 11 is 1.73. The Morgan fingerprint density at radius 1 is 1.29 bits per heavy atom. The molecule has 2 heterocycles. The molecule has 0 radical (unpaired) electrons. The van der Waals surface area contributed by atoms with Gasteiger partial charge in [-0.15, -0.1) is 24.8 Å². The van der Waals surface area contributed by atoms with Crippen molar-refractivity contribution in [1.82, 2.24) is 15.2 Å². The lowest BCUT2D eigenvalue weighted by Gasteiger charge is -2.19. The number of rotatable bonds is 7. The smallest absolute Gasteiger partial charge is 0.221 e. The fourth-order valence-corrected chi connectivity index (χ4v) is 3.81. The number of hydrogen-bond donors (Lipinski definition) is 1. The minimum atomic E-state index is 0. The van der Waals surface area contributed by atoms with Gasteiger partial charge in [0.25, 0.3) is 0 Å². The zero-order valence-corrected chi connectivity index (χ0v) is 16.5. The number of likely N-dealkylation sites (tertiary alicyclic amines) is 1. The number of halogens is 2. The zero-order valence-electron chi connectivity index (χ0n) is 14.0. The Morgan fingerprint density at radius 2 is 2.00 bits per heavy atom. The first-order valence-electron chi connectivity index (χ1n) is 8.16. The van der Waals surface area contributed by atoms with Crippen LogP contribution >= 0.6 is 36.6 Å². The number of carbonyl (C=O) groups excluding carboxylic acids is 1. The molecule has 1 aromatic rings. The average molecular weight is 392 g/mol. The second kappa shape index (κ2) is 10.5. The Kier molecular flexibility index (Phi) is 9.42. The third kappa shape index (κ3) is 6.10. The predicted octanol–water partition coefficient (Wildman–Crippen LogP) is 3.00. The number of aromatic nitrogens is 1. The van der Waals surface area contributed by atoms with E-state index < -0.39 is 0 Å². The molecule has 2 atom stereocenters. The fraction of sp³-hybridized carbons (Fsp3) is 0.647. The molecule has 1 aromatic heterocycles. The number of hydrogen-bond acceptors (Lipinski definition) is 4. The van der Waals surface area contributed by atoms with Gasteiger partial charge >= 0.3 is 0 Å². The van der Waals surface area contributed by atoms with E-state index in [9.17, 15) is 4.79 Å². The molecule has 2 aliphatic rings. The second-order valence-electron chi connectivity index (χ2n) is 6.47. The Labute approximate surface area is 161 Å². The molecule has 1 N–H and O–H groups in total. The van der Waals surface area contributed by atoms with E-state index in [0.717, 1.165) is 31.3 Å². The van der Waals surface area contributed by atoms with Crippen molar-refractivity contribution in [1.29, 1.82) is 0 Å². The Hall–Kier alpha value is -0.490. The van der Waals surface area contributed by atoms with Crippen molar-refractivity contribution in [2.45, 2.75) is 31.8 Å². The highest BCUT2D eigenvalue weighted by molar-refractivity contribution is 7.98. The fourth-order valence-electron chi connectivity index (χ4n) is 3.42. The number of thioether (sulfide) groups is 1. The Morgan fingerprint density at radius 3 is 2.62 bits per heavy atom. The first-order chi connectivity index (χ1) is 10.8. The van der Waals surface area contributed by atoms with Crippen molar-refractivity contribution >= 4 is 42.5 Å². The predicted molar refractivity (Wildman–Crippen MR) is 105 cm³/mol. The van der Waals surface area contributed by atoms with E-state index in [4.69, 9.17) is 0 Å². The standard InChI is InChI=1S/C17H25N3OS.2ClH/c1-22-9-6-17(21)19-16-12-20(11-15(16)14-2-3-14)10-13-4-7-18-8-5-13;;/h4-5,7-8,14-16H,2-3,6,9-12H2,1H3,(H,19,21);2*1H/t15-,16+;;/m1../s1. The summed E-state index contributed by atoms with van der Waals surface area (Å²) in [5, 5.41) is 3.29. The number of nitrogens with zero attached hydrogens (tertiary/aromatic N) is 2. The van der Waals surface area contributed by atoms with Gasteiger partial charge in [0, 0.05) is 50.2 Å². The van der Waals surface area contributed by atoms with Gasteiger partial charge < -0.3 is 5.32 Å². The molecular formula is C17H27Cl2N3OS. The maximum Gasteiger partial charge on any atom is 0.221 e. The van der Waals surface area contributed by atoms with Crippen LogP contribution in [0.1, 0.15) is 24.8 Å². The third-order valence-corrected chi connectivity index (χ3v) is 5.32. The van der Waals surface area contributed by atoms with Gasteiger partial charge in [-0.1, -0.05) is 0 Å². The largest absolute Gasteiger partial charge is 0.352 e. The molecule has 7 heteroatoms. The molecule has 136 valence electrons. The van der Waals surface area contributed by atoms with Crippen LogP contribution in [0.2, 0.25) is 0 Å². The summed E-state index contributed by atoms with van der Waals surface area (Å²) in [6.07, 6.45) is 9.07. The summed E-state index contributed by atoms with van der Waals surface area (Å²) in [7, 11) is 0. The SMILES string of the molecule is CSCCC(=O)N[C@H]1CN(Cc2ccncc2)C[C@@H]1C1CC1.Cl.Cl. The van der Waals surface area contributed by atoms with E-state index in [1.807, 2.05) is 18.6 Å². The summed E-state index contributed by atoms with van der Waals surface area (Å²) < 4.78 is 0. The summed E-state index contributed by atoms with van der Waals surface area (Å²) in [5.41, 5.74) is 1.30. The van der Waals surface area contributed by atoms with Crippen molar-refractivity contribution in [2.24, 2.45) is 11.8 Å². The normalized spacial score (nSPS) is 23.2. The van der Waals surface area contributed by atoms with E-state index in [2.05, 4.69) is 27.3 Å². The molecule has 1 saturated heterocycles. The van der Waals surface area contributed by atoms with Crippen LogP contribution < -0.4 is 5.32 Å². The van der Waals surface area contributed by atoms with Crippen LogP contribution in [0.5, 0.6) is 0 Å². The molecule has 1 aliphatic carbocycles. The molecule has 1 amide bonds. The van der Waals surface area contributed by atoms with Crippen molar-refractivity contribution in [3.05, 3.63) is 30.1 Å². The molecule has 0 bridgehead atoms. The first kappa shape index (κ1) is 21.6. The lowest BCUT2D eigenvalue weighted by molar-refractivity contribution is -0.121. The molecule has 0 unspecified atom stereocenters. The van der Waals surface area contributed by atoms with Gasteiger partial charge in [0.1, 0.15) is 0 Å². The van der Waals surface area contributed by atoms with Crippen molar-refractivity contribution in [2.75, 3.05) is 25.1 Å². The van der Waals surface area contributed by atoms with Gasteiger partial charge in [-0.05, 0) is 48.6 Å². The van der Waals surface area contributed by atoms with Gasteiger partial charge in [0.15, 0.2) is 0 Å². The van der Waals surface area contributed by atoms with Crippen LogP contribution in [0, 0.1) is 11.8 Å². The number of pyridine rings is 1. The summed E-state index contributed by atoms with van der Waals surface area (Å²) in [5.74, 6) is 2.59. The Balaban J connectivity index is 0.00000144. The van der Waals surface area contributed by atoms with E-state index in [-0.39, 0.29) is 30.7 Å². The van der Waals surface area contributed by atoms with Crippen LogP contribution in [0.3, 0.4) is 0 Å². The summed E-state index contributed by atoms with van der Waals surface area (Å²) in [6, 6.07) is 4.50. The Bertz CT molecular complexity index is 502. The quantitative estimate of drug-likeness (QED) is 0.775. The molecule has 4 nitrogen and oxygen atoms in total. The highest BCUT2D eigenvalue weighted by Gasteiger charge is 2.42. The lowest BCUT2D eigenvalue weighted by atomic mass is 9.98. The molecule has 2 fully saturated rings. The van der Waals surface area contributed by atoms with E-state index >= 15 is 0 Å². The molecule has 3 rings (SSSR count). The van der Waals surface area contributed by atoms with E-state index in [0.29, 0.717) is 18.4 Å². The van der Waals surface area contributed by atoms with Crippen LogP contribution in [0.25, 0.3) is 0 Å². The van der Waals surface area contributed by atoms with Gasteiger partial charge in [-0.2, -0.15) is 11.8 Å². The highest BCUT2D eigenvalue weighted by atomic mass is 35.5. The molecule has 0 spiro atoms. The van der Waals surface area contributed by atoms with Crippen molar-refractivity contribution in [3.8, 4) is 0 Å². The second-order valence-corrected chi connectivity index (χ2v) is 7.45. The van der Waals surface area contributed by atoms with Crippen LogP contribution in [0.15, 0.2) is 24.5 Å². The maximum atomic E-state index is 12.1. The third-order valence-electron chi connectivity index (χ3n) is 4.70. The monoisotopic (exact) mass is 391 g/mol. The maximum absolute atomic E-state index is 12.1. The van der Waals surface area contributed by atoms with Gasteiger partial charge in [0.05, 0.1) is 0 Å². The van der Waals surface area contributed by atoms with Crippen molar-refractivity contribution < 1.29 is 4.79 Å². The van der Waals surface area contributed by atoms with E-state index in [1.165, 1.54) is 18.4 Å². The molecule has 0 aromatic carbocycles. The first-order valence-corrected chi connectivity index (χ1v) is 9.55. The molecular weight excluding hydrogens is 365 g/mol. The summed E-state index contributed by atoms with van der Waals surface area (Å²) in [4.78, 5) is 18.6. The molecule has 1 saturated carbocycles. The minimum absolute atomic E-state index is 0. The minimum Gasteiger partial charge on any atom is -0.352 e. The average Bonchev–Trinajstić information content (AvgIpc) is 3.29. The van der Waals surface area contributed by atoms with Gasteiger partial charge in [0.2, 0.25) is 5.91 Å². The van der Waals surface area contributed by atoms with Crippen molar-refractivity contribution in [3.63, 3.8) is 0 Å². The number of carbonyl (C=O) groups is 1. The van der Waals surface area contributed by atoms with E-state index in [1.54, 1.807) is 11.8 Å². The summed E-state index contributed by atoms with van der Waals surface area (Å²) in [6.45, 7) is 3.05. The highest BCUT2D eigenvalue weighted by Crippen LogP contribution is 2.41. The zero-order chi connectivity index (χ0) is 15.4. The topological polar surface area (TPSA) is 45.2 Å². The number of amides is 1. The van der Waals surface area contributed by atoms with Crippen LogP contribution in [-0.2, 0) is 11.3 Å². The number of nitrogens with one attached hydrogen (secondary N) is 1. The lowest BCUT2D eigenvalue weighted by Crippen LogP contribution is -2.41. The molecule has 24 heavy (non-hydrogen) atoms. The van der Waals surface area contributed by atoms with Crippen LogP contribution in [0.4, 0.5) is 0 Å². The van der Waals surface area contributed by atoms with Gasteiger partial charge in [-0.3, -0.25) is 14.7 Å².